The summed E-state index contributed by atoms with van der Waals surface area (Å²) in [5, 5.41) is 0. The maximum Gasteiger partial charge on any atom is 0.326 e. The Morgan fingerprint density at radius 1 is 1.13 bits per heavy atom. The van der Waals surface area contributed by atoms with Crippen LogP contribution < -0.4 is 11.2 Å². The van der Waals surface area contributed by atoms with Crippen molar-refractivity contribution in [1.29, 1.82) is 0 Å². The highest BCUT2D eigenvalue weighted by Gasteiger charge is 2.29. The fraction of sp³-hybridized carbons (Fsp3) is 0.312. The summed E-state index contributed by atoms with van der Waals surface area (Å²) < 4.78 is 0. The number of rotatable bonds is 2. The molecule has 0 radical (unpaired) electrons. The lowest BCUT2D eigenvalue weighted by Crippen LogP contribution is -2.49. The molecule has 2 aromatic rings. The van der Waals surface area contributed by atoms with Crippen LogP contribution >= 0.6 is 0 Å². The summed E-state index contributed by atoms with van der Waals surface area (Å²) in [6.07, 6.45) is 0. The zero-order valence-corrected chi connectivity index (χ0v) is 12.8. The molecule has 0 spiro atoms. The van der Waals surface area contributed by atoms with E-state index in [-0.39, 0.29) is 17.6 Å². The molecule has 0 saturated carbocycles. The summed E-state index contributed by atoms with van der Waals surface area (Å²) in [6, 6.07) is 11.2. The van der Waals surface area contributed by atoms with E-state index in [0.29, 0.717) is 13.1 Å². The highest BCUT2D eigenvalue weighted by Crippen LogP contribution is 2.24. The second-order valence-electron chi connectivity index (χ2n) is 5.66. The Kier molecular flexibility index (Phi) is 4.12. The number of piperazine rings is 1. The highest BCUT2D eigenvalue weighted by atomic mass is 16.2. The van der Waals surface area contributed by atoms with E-state index in [0.717, 1.165) is 18.2 Å². The third kappa shape index (κ3) is 3.24. The van der Waals surface area contributed by atoms with E-state index < -0.39 is 11.2 Å². The van der Waals surface area contributed by atoms with Crippen molar-refractivity contribution in [2.75, 3.05) is 26.7 Å². The van der Waals surface area contributed by atoms with Gasteiger partial charge in [0.1, 0.15) is 5.69 Å². The Morgan fingerprint density at radius 2 is 1.87 bits per heavy atom. The molecule has 2 N–H and O–H groups in total. The van der Waals surface area contributed by atoms with Crippen LogP contribution in [0.3, 0.4) is 0 Å². The molecule has 1 aromatic heterocycles. The number of nitrogens with zero attached hydrogens (tertiary/aromatic N) is 2. The molecule has 3 rings (SSSR count). The molecule has 7 nitrogen and oxygen atoms in total. The molecule has 1 unspecified atom stereocenters. The average molecular weight is 314 g/mol. The molecule has 0 aliphatic carbocycles. The summed E-state index contributed by atoms with van der Waals surface area (Å²) in [4.78, 5) is 43.6. The zero-order chi connectivity index (χ0) is 16.4. The van der Waals surface area contributed by atoms with Crippen LogP contribution in [0.2, 0.25) is 0 Å². The van der Waals surface area contributed by atoms with Gasteiger partial charge in [-0.3, -0.25) is 19.5 Å². The maximum atomic E-state index is 12.6. The van der Waals surface area contributed by atoms with Crippen LogP contribution in [0.1, 0.15) is 22.1 Å². The molecule has 120 valence electrons. The Bertz CT molecular complexity index is 784. The van der Waals surface area contributed by atoms with E-state index in [1.807, 2.05) is 37.4 Å². The van der Waals surface area contributed by atoms with E-state index in [2.05, 4.69) is 14.9 Å². The molecule has 1 saturated heterocycles. The van der Waals surface area contributed by atoms with E-state index >= 15 is 0 Å². The minimum absolute atomic E-state index is 0.0233. The van der Waals surface area contributed by atoms with E-state index in [9.17, 15) is 14.4 Å². The minimum Gasteiger partial charge on any atom is -0.334 e. The van der Waals surface area contributed by atoms with Crippen LogP contribution in [0, 0.1) is 0 Å². The first-order valence-electron chi connectivity index (χ1n) is 7.43. The van der Waals surface area contributed by atoms with Crippen molar-refractivity contribution < 1.29 is 4.79 Å². The second-order valence-corrected chi connectivity index (χ2v) is 5.66. The van der Waals surface area contributed by atoms with Gasteiger partial charge in [-0.15, -0.1) is 0 Å². The molecule has 7 heteroatoms. The fourth-order valence-corrected chi connectivity index (χ4v) is 2.85. The van der Waals surface area contributed by atoms with Crippen molar-refractivity contribution in [2.24, 2.45) is 0 Å². The Morgan fingerprint density at radius 3 is 2.57 bits per heavy atom. The number of hydrogen-bond acceptors (Lipinski definition) is 4. The van der Waals surface area contributed by atoms with Gasteiger partial charge in [-0.2, -0.15) is 0 Å². The quantitative estimate of drug-likeness (QED) is 0.828. The average Bonchev–Trinajstić information content (AvgIpc) is 2.54. The van der Waals surface area contributed by atoms with Gasteiger partial charge in [-0.1, -0.05) is 30.3 Å². The van der Waals surface area contributed by atoms with Crippen LogP contribution in [0.25, 0.3) is 0 Å². The summed E-state index contributed by atoms with van der Waals surface area (Å²) >= 11 is 0. The summed E-state index contributed by atoms with van der Waals surface area (Å²) in [7, 11) is 2.02. The van der Waals surface area contributed by atoms with Gasteiger partial charge in [-0.05, 0) is 12.6 Å². The van der Waals surface area contributed by atoms with E-state index in [1.54, 1.807) is 4.90 Å². The highest BCUT2D eigenvalue weighted by molar-refractivity contribution is 5.92. The van der Waals surface area contributed by atoms with Gasteiger partial charge in [0, 0.05) is 25.7 Å². The monoisotopic (exact) mass is 314 g/mol. The number of likely N-dealkylation sites (N-methyl/N-ethyl adjacent to an activating group) is 1. The molecule has 23 heavy (non-hydrogen) atoms. The Hall–Kier alpha value is -2.67. The predicted octanol–water partition coefficient (Wildman–Crippen LogP) is 0.192. The van der Waals surface area contributed by atoms with Crippen LogP contribution in [0.15, 0.2) is 46.0 Å². The van der Waals surface area contributed by atoms with Crippen molar-refractivity contribution in [3.05, 3.63) is 68.5 Å². The van der Waals surface area contributed by atoms with Crippen molar-refractivity contribution in [3.63, 3.8) is 0 Å². The lowest BCUT2D eigenvalue weighted by Gasteiger charge is -2.39. The third-order valence-corrected chi connectivity index (χ3v) is 4.11. The lowest BCUT2D eigenvalue weighted by atomic mass is 10.0. The van der Waals surface area contributed by atoms with Crippen LogP contribution in [0.4, 0.5) is 0 Å². The summed E-state index contributed by atoms with van der Waals surface area (Å²) in [5.41, 5.74) is -0.0950. The number of benzene rings is 1. The van der Waals surface area contributed by atoms with Crippen molar-refractivity contribution in [2.45, 2.75) is 6.04 Å². The minimum atomic E-state index is -0.672. The molecule has 0 bridgehead atoms. The van der Waals surface area contributed by atoms with Crippen molar-refractivity contribution in [3.8, 4) is 0 Å². The van der Waals surface area contributed by atoms with E-state index in [4.69, 9.17) is 0 Å². The van der Waals surface area contributed by atoms with E-state index in [1.165, 1.54) is 0 Å². The number of aromatic nitrogens is 2. The van der Waals surface area contributed by atoms with Crippen LogP contribution in [0.5, 0.6) is 0 Å². The number of amides is 1. The normalized spacial score (nSPS) is 18.8. The molecule has 2 heterocycles. The van der Waals surface area contributed by atoms with Crippen molar-refractivity contribution >= 4 is 5.91 Å². The summed E-state index contributed by atoms with van der Waals surface area (Å²) in [5.74, 6) is -0.331. The molecule has 1 aliphatic rings. The van der Waals surface area contributed by atoms with Crippen molar-refractivity contribution in [1.82, 2.24) is 19.8 Å². The SMILES string of the molecule is CN1CCN(C(=O)c2cc(=O)[nH]c(=O)[nH]2)CC1c1ccccc1. The fourth-order valence-electron chi connectivity index (χ4n) is 2.85. The Labute approximate surface area is 132 Å². The smallest absolute Gasteiger partial charge is 0.326 e. The number of hydrogen-bond donors (Lipinski definition) is 2. The number of carbonyl (C=O) groups is 1. The molecule has 1 aliphatic heterocycles. The van der Waals surface area contributed by atoms with Crippen LogP contribution in [-0.2, 0) is 0 Å². The standard InChI is InChI=1S/C16H18N4O3/c1-19-7-8-20(10-13(19)11-5-3-2-4-6-11)15(22)12-9-14(21)18-16(23)17-12/h2-6,9,13H,7-8,10H2,1H3,(H2,17,18,21,23). The topological polar surface area (TPSA) is 89.3 Å². The summed E-state index contributed by atoms with van der Waals surface area (Å²) in [6.45, 7) is 1.78. The zero-order valence-electron chi connectivity index (χ0n) is 12.8. The molecular weight excluding hydrogens is 296 g/mol. The van der Waals surface area contributed by atoms with Gasteiger partial charge in [0.25, 0.3) is 11.5 Å². The largest absolute Gasteiger partial charge is 0.334 e. The first-order chi connectivity index (χ1) is 11.0. The number of aromatic amines is 2. The number of nitrogens with one attached hydrogen (secondary N) is 2. The van der Waals surface area contributed by atoms with Gasteiger partial charge >= 0.3 is 5.69 Å². The number of H-pyrrole nitrogens is 2. The first kappa shape index (κ1) is 15.2. The molecule has 1 aromatic carbocycles. The van der Waals surface area contributed by atoms with Gasteiger partial charge in [0.05, 0.1) is 6.04 Å². The van der Waals surface area contributed by atoms with Gasteiger partial charge < -0.3 is 9.88 Å². The maximum absolute atomic E-state index is 12.6. The van der Waals surface area contributed by atoms with Gasteiger partial charge in [0.15, 0.2) is 0 Å². The predicted molar refractivity (Wildman–Crippen MR) is 85.4 cm³/mol. The molecular formula is C16H18N4O3. The second kappa shape index (κ2) is 6.21. The third-order valence-electron chi connectivity index (χ3n) is 4.11. The van der Waals surface area contributed by atoms with Gasteiger partial charge in [0.2, 0.25) is 0 Å². The Balaban J connectivity index is 1.84. The lowest BCUT2D eigenvalue weighted by molar-refractivity contribution is 0.0540. The first-order valence-corrected chi connectivity index (χ1v) is 7.43. The molecule has 1 amide bonds. The van der Waals surface area contributed by atoms with Crippen LogP contribution in [-0.4, -0.2) is 52.4 Å². The molecule has 1 fully saturated rings. The molecule has 1 atom stereocenters. The number of carbonyl (C=O) groups excluding carboxylic acids is 1. The van der Waals surface area contributed by atoms with Gasteiger partial charge in [-0.25, -0.2) is 4.79 Å².